The van der Waals surface area contributed by atoms with Gasteiger partial charge in [0.2, 0.25) is 0 Å². The van der Waals surface area contributed by atoms with Crippen LogP contribution in [0.1, 0.15) is 132 Å². The van der Waals surface area contributed by atoms with Gasteiger partial charge in [0.05, 0.1) is 6.42 Å². The number of nitrogens with zero attached hydrogens (tertiary/aromatic N) is 1. The molecule has 0 aromatic heterocycles. The van der Waals surface area contributed by atoms with Crippen molar-refractivity contribution in [2.24, 2.45) is 4.99 Å². The SMILES string of the molecule is CCCCCCCCCCCCCCCCCCCCN=CCC(=O)O.[H-].[H-].[Na+].[Na+]. The molecule has 0 fully saturated rings. The summed E-state index contributed by atoms with van der Waals surface area (Å²) in [5, 5.41) is 8.48. The normalized spacial score (nSPS) is 10.6. The third-order valence-electron chi connectivity index (χ3n) is 5.04. The molecule has 1 N–H and O–H groups in total. The Balaban J connectivity index is -0.000000521. The molecule has 0 atom stereocenters. The van der Waals surface area contributed by atoms with E-state index >= 15 is 0 Å². The van der Waals surface area contributed by atoms with E-state index in [1.807, 2.05) is 0 Å². The Morgan fingerprint density at radius 1 is 0.679 bits per heavy atom. The molecule has 0 saturated carbocycles. The number of rotatable bonds is 21. The van der Waals surface area contributed by atoms with E-state index in [9.17, 15) is 4.79 Å². The van der Waals surface area contributed by atoms with Crippen molar-refractivity contribution in [1.82, 2.24) is 0 Å². The van der Waals surface area contributed by atoms with Crippen LogP contribution in [0.25, 0.3) is 0 Å². The molecule has 0 aliphatic carbocycles. The van der Waals surface area contributed by atoms with Crippen molar-refractivity contribution in [3.63, 3.8) is 0 Å². The molecule has 28 heavy (non-hydrogen) atoms. The Kier molecular flexibility index (Phi) is 36.6. The van der Waals surface area contributed by atoms with Crippen LogP contribution in [0.2, 0.25) is 0 Å². The molecule has 0 aromatic rings. The maximum absolute atomic E-state index is 10.3. The van der Waals surface area contributed by atoms with Crippen molar-refractivity contribution < 1.29 is 71.9 Å². The zero-order chi connectivity index (χ0) is 19.1. The molecular weight excluding hydrogens is 368 g/mol. The fourth-order valence-corrected chi connectivity index (χ4v) is 3.34. The van der Waals surface area contributed by atoms with E-state index in [4.69, 9.17) is 5.11 Å². The van der Waals surface area contributed by atoms with Crippen LogP contribution in [-0.4, -0.2) is 23.8 Å². The van der Waals surface area contributed by atoms with Crippen molar-refractivity contribution >= 4 is 12.2 Å². The van der Waals surface area contributed by atoms with Gasteiger partial charge in [-0.15, -0.1) is 0 Å². The van der Waals surface area contributed by atoms with Gasteiger partial charge < -0.3 is 7.96 Å². The summed E-state index contributed by atoms with van der Waals surface area (Å²) in [6.07, 6.45) is 26.5. The van der Waals surface area contributed by atoms with Crippen molar-refractivity contribution in [2.75, 3.05) is 6.54 Å². The van der Waals surface area contributed by atoms with Gasteiger partial charge in [-0.3, -0.25) is 9.79 Å². The Morgan fingerprint density at radius 3 is 1.32 bits per heavy atom. The van der Waals surface area contributed by atoms with E-state index in [1.165, 1.54) is 115 Å². The maximum atomic E-state index is 10.3. The van der Waals surface area contributed by atoms with Crippen LogP contribution in [0, 0.1) is 0 Å². The minimum absolute atomic E-state index is 0. The molecule has 0 saturated heterocycles. The van der Waals surface area contributed by atoms with Crippen LogP contribution < -0.4 is 59.1 Å². The summed E-state index contributed by atoms with van der Waals surface area (Å²) in [5.41, 5.74) is 0. The average Bonchev–Trinajstić information content (AvgIpc) is 2.62. The van der Waals surface area contributed by atoms with Crippen LogP contribution in [0.4, 0.5) is 0 Å². The van der Waals surface area contributed by atoms with Crippen LogP contribution >= 0.6 is 0 Å². The van der Waals surface area contributed by atoms with Gasteiger partial charge in [-0.2, -0.15) is 0 Å². The maximum Gasteiger partial charge on any atom is 1.00 e. The predicted octanol–water partition coefficient (Wildman–Crippen LogP) is 1.81. The summed E-state index contributed by atoms with van der Waals surface area (Å²) >= 11 is 0. The van der Waals surface area contributed by atoms with Gasteiger partial charge in [-0.25, -0.2) is 0 Å². The first kappa shape index (κ1) is 33.8. The van der Waals surface area contributed by atoms with Gasteiger partial charge in [0.1, 0.15) is 0 Å². The number of hydrogen-bond acceptors (Lipinski definition) is 2. The molecule has 0 aromatic carbocycles. The predicted molar refractivity (Wildman–Crippen MR) is 117 cm³/mol. The molecule has 0 rings (SSSR count). The molecule has 158 valence electrons. The number of aliphatic carboxylic acids is 1. The first-order chi connectivity index (χ1) is 12.8. The van der Waals surface area contributed by atoms with Gasteiger partial charge in [-0.05, 0) is 6.42 Å². The number of hydrogen-bond donors (Lipinski definition) is 1. The quantitative estimate of drug-likeness (QED) is 0.177. The second-order valence-corrected chi connectivity index (χ2v) is 7.70. The molecule has 0 amide bonds. The van der Waals surface area contributed by atoms with Crippen LogP contribution in [0.3, 0.4) is 0 Å². The van der Waals surface area contributed by atoms with Gasteiger partial charge in [0.25, 0.3) is 0 Å². The van der Waals surface area contributed by atoms with Crippen molar-refractivity contribution in [1.29, 1.82) is 0 Å². The number of unbranched alkanes of at least 4 members (excludes halogenated alkanes) is 17. The van der Waals surface area contributed by atoms with Gasteiger partial charge in [-0.1, -0.05) is 116 Å². The molecule has 3 nitrogen and oxygen atoms in total. The summed E-state index contributed by atoms with van der Waals surface area (Å²) in [6.45, 7) is 3.07. The third kappa shape index (κ3) is 31.8. The van der Waals surface area contributed by atoms with E-state index in [-0.39, 0.29) is 68.4 Å². The molecular formula is C23H47NNa2O2. The smallest absolute Gasteiger partial charge is 1.00 e. The topological polar surface area (TPSA) is 49.7 Å². The van der Waals surface area contributed by atoms with E-state index in [0.717, 1.165) is 13.0 Å². The molecule has 0 radical (unpaired) electrons. The Bertz CT molecular complexity index is 336. The molecule has 0 unspecified atom stereocenters. The van der Waals surface area contributed by atoms with Crippen LogP contribution in [0.15, 0.2) is 4.99 Å². The Labute approximate surface area is 222 Å². The van der Waals surface area contributed by atoms with E-state index in [0.29, 0.717) is 0 Å². The molecule has 5 heteroatoms. The number of carbonyl (C=O) groups is 1. The molecule has 0 spiro atoms. The van der Waals surface area contributed by atoms with Crippen molar-refractivity contribution in [2.45, 2.75) is 129 Å². The molecule has 0 aliphatic heterocycles. The van der Waals surface area contributed by atoms with Gasteiger partial charge in [0.15, 0.2) is 0 Å². The van der Waals surface area contributed by atoms with Crippen molar-refractivity contribution in [3.05, 3.63) is 0 Å². The minimum Gasteiger partial charge on any atom is -1.00 e. The standard InChI is InChI=1S/C23H45NO2.2Na.2H/c1-2-3-4-5-6-7-8-9-10-11-12-13-14-15-16-17-18-19-21-24-22-20-23(25)26;;;;/h22H,2-21H2,1H3,(H,25,26);;;;/q;2*+1;2*-1. The monoisotopic (exact) mass is 415 g/mol. The van der Waals surface area contributed by atoms with Crippen molar-refractivity contribution in [3.8, 4) is 0 Å². The Hall–Kier alpha value is 1.14. The minimum atomic E-state index is -0.799. The second-order valence-electron chi connectivity index (χ2n) is 7.70. The molecule has 0 heterocycles. The average molecular weight is 416 g/mol. The fraction of sp³-hybridized carbons (Fsp3) is 0.913. The summed E-state index contributed by atoms with van der Waals surface area (Å²) in [5.74, 6) is -0.799. The second kappa shape index (κ2) is 30.3. The number of aliphatic imine (C=N–C) groups is 1. The Morgan fingerprint density at radius 2 is 1.00 bits per heavy atom. The van der Waals surface area contributed by atoms with E-state index in [2.05, 4.69) is 11.9 Å². The zero-order valence-electron chi connectivity index (χ0n) is 21.5. The fourth-order valence-electron chi connectivity index (χ4n) is 3.34. The van der Waals surface area contributed by atoms with E-state index in [1.54, 1.807) is 0 Å². The van der Waals surface area contributed by atoms with Crippen LogP contribution in [0.5, 0.6) is 0 Å². The number of carboxylic acid groups (broad SMARTS) is 1. The summed E-state index contributed by atoms with van der Waals surface area (Å²) in [4.78, 5) is 14.4. The first-order valence-corrected chi connectivity index (χ1v) is 11.5. The zero-order valence-corrected chi connectivity index (χ0v) is 23.5. The van der Waals surface area contributed by atoms with Gasteiger partial charge >= 0.3 is 65.1 Å². The largest absolute Gasteiger partial charge is 1.00 e. The molecule has 0 bridgehead atoms. The molecule has 0 aliphatic rings. The van der Waals surface area contributed by atoms with Crippen LogP contribution in [-0.2, 0) is 4.79 Å². The summed E-state index contributed by atoms with van der Waals surface area (Å²) < 4.78 is 0. The summed E-state index contributed by atoms with van der Waals surface area (Å²) in [7, 11) is 0. The first-order valence-electron chi connectivity index (χ1n) is 11.5. The van der Waals surface area contributed by atoms with E-state index < -0.39 is 5.97 Å². The number of carboxylic acids is 1. The van der Waals surface area contributed by atoms with Gasteiger partial charge in [0, 0.05) is 12.8 Å². The summed E-state index contributed by atoms with van der Waals surface area (Å²) in [6, 6.07) is 0. The third-order valence-corrected chi connectivity index (χ3v) is 5.04.